The number of hydrogen-bond acceptors (Lipinski definition) is 4. The van der Waals surface area contributed by atoms with E-state index >= 15 is 0 Å². The van der Waals surface area contributed by atoms with Crippen LogP contribution in [0.4, 0.5) is 0 Å². The van der Waals surface area contributed by atoms with Gasteiger partial charge in [0.15, 0.2) is 5.58 Å². The first kappa shape index (κ1) is 18.2. The summed E-state index contributed by atoms with van der Waals surface area (Å²) in [5.74, 6) is -0.815. The summed E-state index contributed by atoms with van der Waals surface area (Å²) in [5, 5.41) is 5.79. The van der Waals surface area contributed by atoms with E-state index in [2.05, 4.69) is 10.6 Å². The number of hydrogen-bond donors (Lipinski definition) is 2. The molecule has 2 N–H and O–H groups in total. The van der Waals surface area contributed by atoms with Gasteiger partial charge in [0.2, 0.25) is 11.8 Å². The molecule has 1 saturated carbocycles. The second kappa shape index (κ2) is 7.76. The Bertz CT molecular complexity index is 846. The van der Waals surface area contributed by atoms with Crippen molar-refractivity contribution in [1.29, 1.82) is 0 Å². The molecule has 0 bridgehead atoms. The summed E-state index contributed by atoms with van der Waals surface area (Å²) in [7, 11) is 0. The standard InChI is InChI=1S/C19H25N3O4/c1-2-20-17(24)19(11-6-3-7-12-19)21-16(23)10-13-22-14-8-4-5-9-15(14)26-18(22)25/h4-5,8-9H,2-3,6-7,10-13H2,1H3,(H,20,24)(H,21,23). The number of para-hydroxylation sites is 2. The molecule has 1 fully saturated rings. The molecule has 7 heteroatoms. The number of fused-ring (bicyclic) bond motifs is 1. The van der Waals surface area contributed by atoms with E-state index in [-0.39, 0.29) is 24.8 Å². The van der Waals surface area contributed by atoms with Gasteiger partial charge >= 0.3 is 5.76 Å². The average Bonchev–Trinajstić information content (AvgIpc) is 2.96. The lowest BCUT2D eigenvalue weighted by Gasteiger charge is -2.36. The third-order valence-electron chi connectivity index (χ3n) is 4.99. The van der Waals surface area contributed by atoms with E-state index in [1.54, 1.807) is 18.2 Å². The molecule has 1 aliphatic rings. The quantitative estimate of drug-likeness (QED) is 0.824. The number of benzene rings is 1. The SMILES string of the molecule is CCNC(=O)C1(NC(=O)CCn2c(=O)oc3ccccc32)CCCCC1. The van der Waals surface area contributed by atoms with Crippen LogP contribution in [0.2, 0.25) is 0 Å². The van der Waals surface area contributed by atoms with E-state index in [0.29, 0.717) is 30.5 Å². The van der Waals surface area contributed by atoms with Crippen molar-refractivity contribution in [2.75, 3.05) is 6.54 Å². The number of aryl methyl sites for hydroxylation is 1. The minimum absolute atomic E-state index is 0.112. The molecule has 0 saturated heterocycles. The van der Waals surface area contributed by atoms with Crippen LogP contribution in [0, 0.1) is 0 Å². The fraction of sp³-hybridized carbons (Fsp3) is 0.526. The highest BCUT2D eigenvalue weighted by Gasteiger charge is 2.40. The zero-order valence-electron chi connectivity index (χ0n) is 15.0. The summed E-state index contributed by atoms with van der Waals surface area (Å²) >= 11 is 0. The molecule has 1 aliphatic carbocycles. The second-order valence-electron chi connectivity index (χ2n) is 6.79. The average molecular weight is 359 g/mol. The Morgan fingerprint density at radius 2 is 1.92 bits per heavy atom. The normalized spacial score (nSPS) is 16.3. The first-order valence-corrected chi connectivity index (χ1v) is 9.23. The second-order valence-corrected chi connectivity index (χ2v) is 6.79. The van der Waals surface area contributed by atoms with Gasteiger partial charge in [-0.1, -0.05) is 31.4 Å². The van der Waals surface area contributed by atoms with Gasteiger partial charge in [0.1, 0.15) is 5.54 Å². The van der Waals surface area contributed by atoms with Gasteiger partial charge in [0.25, 0.3) is 0 Å². The van der Waals surface area contributed by atoms with Crippen LogP contribution >= 0.6 is 0 Å². The number of nitrogens with one attached hydrogen (secondary N) is 2. The van der Waals surface area contributed by atoms with Gasteiger partial charge in [-0.2, -0.15) is 0 Å². The predicted molar refractivity (Wildman–Crippen MR) is 97.7 cm³/mol. The third kappa shape index (κ3) is 3.66. The number of nitrogens with zero attached hydrogens (tertiary/aromatic N) is 1. The molecular formula is C19H25N3O4. The molecule has 0 radical (unpaired) electrons. The first-order valence-electron chi connectivity index (χ1n) is 9.23. The van der Waals surface area contributed by atoms with Gasteiger partial charge in [-0.15, -0.1) is 0 Å². The number of carbonyl (C=O) groups excluding carboxylic acids is 2. The van der Waals surface area contributed by atoms with Crippen LogP contribution in [0.3, 0.4) is 0 Å². The highest BCUT2D eigenvalue weighted by Crippen LogP contribution is 2.28. The molecule has 1 aromatic carbocycles. The van der Waals surface area contributed by atoms with Crippen LogP contribution in [-0.4, -0.2) is 28.5 Å². The van der Waals surface area contributed by atoms with Crippen LogP contribution in [-0.2, 0) is 16.1 Å². The molecular weight excluding hydrogens is 334 g/mol. The van der Waals surface area contributed by atoms with E-state index < -0.39 is 11.3 Å². The molecule has 0 atom stereocenters. The predicted octanol–water partition coefficient (Wildman–Crippen LogP) is 1.94. The van der Waals surface area contributed by atoms with Gasteiger partial charge in [-0.05, 0) is 31.9 Å². The van der Waals surface area contributed by atoms with Crippen molar-refractivity contribution in [2.24, 2.45) is 0 Å². The Hall–Kier alpha value is -2.57. The topological polar surface area (TPSA) is 93.3 Å². The van der Waals surface area contributed by atoms with Crippen molar-refractivity contribution in [3.05, 3.63) is 34.8 Å². The lowest BCUT2D eigenvalue weighted by molar-refractivity contribution is -0.135. The number of aromatic nitrogens is 1. The van der Waals surface area contributed by atoms with E-state index in [0.717, 1.165) is 19.3 Å². The van der Waals surface area contributed by atoms with Crippen molar-refractivity contribution in [2.45, 2.75) is 57.5 Å². The molecule has 7 nitrogen and oxygen atoms in total. The van der Waals surface area contributed by atoms with Crippen molar-refractivity contribution < 1.29 is 14.0 Å². The highest BCUT2D eigenvalue weighted by molar-refractivity contribution is 5.91. The van der Waals surface area contributed by atoms with Gasteiger partial charge in [-0.25, -0.2) is 4.79 Å². The Labute approximate surface area is 151 Å². The van der Waals surface area contributed by atoms with Gasteiger partial charge < -0.3 is 15.1 Å². The maximum Gasteiger partial charge on any atom is 0.419 e. The number of amides is 2. The zero-order chi connectivity index (χ0) is 18.6. The molecule has 2 amide bonds. The molecule has 0 unspecified atom stereocenters. The van der Waals surface area contributed by atoms with Crippen molar-refractivity contribution >= 4 is 22.9 Å². The molecule has 3 rings (SSSR count). The monoisotopic (exact) mass is 359 g/mol. The maximum atomic E-state index is 12.5. The number of carbonyl (C=O) groups is 2. The smallest absolute Gasteiger partial charge is 0.408 e. The zero-order valence-corrected chi connectivity index (χ0v) is 15.0. The molecule has 1 aromatic heterocycles. The number of rotatable bonds is 6. The summed E-state index contributed by atoms with van der Waals surface area (Å²) < 4.78 is 6.64. The fourth-order valence-corrected chi connectivity index (χ4v) is 3.66. The largest absolute Gasteiger partial charge is 0.419 e. The molecule has 1 heterocycles. The van der Waals surface area contributed by atoms with Gasteiger partial charge in [-0.3, -0.25) is 14.2 Å². The van der Waals surface area contributed by atoms with Crippen LogP contribution < -0.4 is 16.4 Å². The molecule has 0 aliphatic heterocycles. The summed E-state index contributed by atoms with van der Waals surface area (Å²) in [4.78, 5) is 37.1. The summed E-state index contributed by atoms with van der Waals surface area (Å²) in [6, 6.07) is 7.12. The summed E-state index contributed by atoms with van der Waals surface area (Å²) in [6.45, 7) is 2.62. The van der Waals surface area contributed by atoms with E-state index in [9.17, 15) is 14.4 Å². The van der Waals surface area contributed by atoms with E-state index in [1.807, 2.05) is 13.0 Å². The van der Waals surface area contributed by atoms with Crippen molar-refractivity contribution in [1.82, 2.24) is 15.2 Å². The highest BCUT2D eigenvalue weighted by atomic mass is 16.4. The Balaban J connectivity index is 1.69. The Morgan fingerprint density at radius 3 is 2.65 bits per heavy atom. The molecule has 2 aromatic rings. The molecule has 140 valence electrons. The minimum atomic E-state index is -0.825. The third-order valence-corrected chi connectivity index (χ3v) is 4.99. The Kier molecular flexibility index (Phi) is 5.44. The lowest BCUT2D eigenvalue weighted by Crippen LogP contribution is -2.59. The summed E-state index contributed by atoms with van der Waals surface area (Å²) in [5.41, 5.74) is 0.347. The van der Waals surface area contributed by atoms with Crippen molar-refractivity contribution in [3.8, 4) is 0 Å². The van der Waals surface area contributed by atoms with Crippen LogP contribution in [0.1, 0.15) is 45.4 Å². The van der Waals surface area contributed by atoms with E-state index in [4.69, 9.17) is 4.42 Å². The Morgan fingerprint density at radius 1 is 1.19 bits per heavy atom. The van der Waals surface area contributed by atoms with Crippen LogP contribution in [0.15, 0.2) is 33.5 Å². The van der Waals surface area contributed by atoms with Crippen molar-refractivity contribution in [3.63, 3.8) is 0 Å². The lowest BCUT2D eigenvalue weighted by atomic mass is 9.80. The van der Waals surface area contributed by atoms with Gasteiger partial charge in [0, 0.05) is 19.5 Å². The van der Waals surface area contributed by atoms with Crippen LogP contribution in [0.5, 0.6) is 0 Å². The molecule has 26 heavy (non-hydrogen) atoms. The molecule has 0 spiro atoms. The maximum absolute atomic E-state index is 12.5. The van der Waals surface area contributed by atoms with Crippen LogP contribution in [0.25, 0.3) is 11.1 Å². The first-order chi connectivity index (χ1) is 12.6. The number of oxazole rings is 1. The fourth-order valence-electron chi connectivity index (χ4n) is 3.66. The van der Waals surface area contributed by atoms with Gasteiger partial charge in [0.05, 0.1) is 5.52 Å². The number of likely N-dealkylation sites (N-methyl/N-ethyl adjacent to an activating group) is 1. The minimum Gasteiger partial charge on any atom is -0.408 e. The summed E-state index contributed by atoms with van der Waals surface area (Å²) in [6.07, 6.45) is 4.34. The van der Waals surface area contributed by atoms with E-state index in [1.165, 1.54) is 4.57 Å².